The average Bonchev–Trinajstić information content (AvgIpc) is 2.86. The van der Waals surface area contributed by atoms with Crippen molar-refractivity contribution < 1.29 is 14.3 Å². The molecule has 0 spiro atoms. The van der Waals surface area contributed by atoms with E-state index in [0.29, 0.717) is 12.4 Å². The largest absolute Gasteiger partial charge is 0.475 e. The Bertz CT molecular complexity index is 534. The van der Waals surface area contributed by atoms with Crippen molar-refractivity contribution in [2.24, 2.45) is 0 Å². The van der Waals surface area contributed by atoms with Gasteiger partial charge in [-0.3, -0.25) is 0 Å². The standard InChI is InChI=1S/C11H10BrNO3S/c1-13(5-7-4-9(12)17-6-7)10-3-2-8(16-10)11(14)15/h2-4,6H,5H2,1H3,(H,14,15). The van der Waals surface area contributed by atoms with Gasteiger partial charge in [-0.05, 0) is 39.0 Å². The lowest BCUT2D eigenvalue weighted by atomic mass is 10.3. The zero-order valence-corrected chi connectivity index (χ0v) is 11.4. The van der Waals surface area contributed by atoms with Crippen molar-refractivity contribution in [3.05, 3.63) is 38.7 Å². The molecule has 0 atom stereocenters. The molecule has 0 aromatic carbocycles. The molecular weight excluding hydrogens is 306 g/mol. The lowest BCUT2D eigenvalue weighted by molar-refractivity contribution is 0.0663. The minimum absolute atomic E-state index is 0.0432. The minimum atomic E-state index is -1.05. The minimum Gasteiger partial charge on any atom is -0.475 e. The van der Waals surface area contributed by atoms with Crippen LogP contribution in [0.4, 0.5) is 5.88 Å². The van der Waals surface area contributed by atoms with Crippen molar-refractivity contribution in [2.45, 2.75) is 6.54 Å². The topological polar surface area (TPSA) is 53.7 Å². The summed E-state index contributed by atoms with van der Waals surface area (Å²) in [6, 6.07) is 5.14. The van der Waals surface area contributed by atoms with E-state index < -0.39 is 5.97 Å². The van der Waals surface area contributed by atoms with Gasteiger partial charge in [0.1, 0.15) is 0 Å². The van der Waals surface area contributed by atoms with Gasteiger partial charge in [0.2, 0.25) is 5.76 Å². The third-order valence-electron chi connectivity index (χ3n) is 2.22. The van der Waals surface area contributed by atoms with Crippen LogP contribution in [-0.4, -0.2) is 18.1 Å². The van der Waals surface area contributed by atoms with Gasteiger partial charge in [-0.25, -0.2) is 4.79 Å². The first kappa shape index (κ1) is 12.2. The van der Waals surface area contributed by atoms with Gasteiger partial charge in [0, 0.05) is 19.7 Å². The van der Waals surface area contributed by atoms with Crippen molar-refractivity contribution >= 4 is 39.1 Å². The second-order valence-corrected chi connectivity index (χ2v) is 5.85. The highest BCUT2D eigenvalue weighted by molar-refractivity contribution is 9.11. The van der Waals surface area contributed by atoms with Crippen molar-refractivity contribution in [3.8, 4) is 0 Å². The monoisotopic (exact) mass is 315 g/mol. The summed E-state index contributed by atoms with van der Waals surface area (Å²) in [5, 5.41) is 10.8. The zero-order valence-electron chi connectivity index (χ0n) is 9.01. The van der Waals surface area contributed by atoms with E-state index >= 15 is 0 Å². The highest BCUT2D eigenvalue weighted by atomic mass is 79.9. The molecule has 6 heteroatoms. The van der Waals surface area contributed by atoms with E-state index in [2.05, 4.69) is 15.9 Å². The molecule has 2 aromatic rings. The highest BCUT2D eigenvalue weighted by Gasteiger charge is 2.12. The molecule has 2 aromatic heterocycles. The number of carboxylic acid groups (broad SMARTS) is 1. The first-order chi connectivity index (χ1) is 8.06. The zero-order chi connectivity index (χ0) is 12.4. The van der Waals surface area contributed by atoms with Crippen molar-refractivity contribution in [3.63, 3.8) is 0 Å². The third kappa shape index (κ3) is 2.89. The molecular formula is C11H10BrNO3S. The van der Waals surface area contributed by atoms with Gasteiger partial charge in [-0.2, -0.15) is 0 Å². The summed E-state index contributed by atoms with van der Waals surface area (Å²) in [5.41, 5.74) is 1.15. The maximum Gasteiger partial charge on any atom is 0.371 e. The summed E-state index contributed by atoms with van der Waals surface area (Å²) in [5.74, 6) is -0.550. The molecule has 1 N–H and O–H groups in total. The molecule has 0 fully saturated rings. The van der Waals surface area contributed by atoms with Crippen LogP contribution in [0.15, 0.2) is 31.8 Å². The van der Waals surface area contributed by atoms with E-state index in [1.807, 2.05) is 23.4 Å². The van der Waals surface area contributed by atoms with Crippen LogP contribution < -0.4 is 4.90 Å². The van der Waals surface area contributed by atoms with Crippen LogP contribution in [0.3, 0.4) is 0 Å². The molecule has 0 aliphatic carbocycles. The molecule has 0 aliphatic heterocycles. The van der Waals surface area contributed by atoms with Crippen molar-refractivity contribution in [1.29, 1.82) is 0 Å². The Kier molecular flexibility index (Phi) is 3.54. The predicted octanol–water partition coefficient (Wildman–Crippen LogP) is 3.44. The number of hydrogen-bond donors (Lipinski definition) is 1. The number of anilines is 1. The van der Waals surface area contributed by atoms with Gasteiger partial charge in [0.05, 0.1) is 3.79 Å². The first-order valence-electron chi connectivity index (χ1n) is 4.83. The fraction of sp³-hybridized carbons (Fsp3) is 0.182. The lowest BCUT2D eigenvalue weighted by Crippen LogP contribution is -2.15. The summed E-state index contributed by atoms with van der Waals surface area (Å²) in [4.78, 5) is 12.5. The number of carboxylic acids is 1. The summed E-state index contributed by atoms with van der Waals surface area (Å²) >= 11 is 5.02. The molecule has 0 saturated carbocycles. The molecule has 0 unspecified atom stereocenters. The molecule has 0 amide bonds. The van der Waals surface area contributed by atoms with Crippen LogP contribution in [-0.2, 0) is 6.54 Å². The summed E-state index contributed by atoms with van der Waals surface area (Å²) < 4.78 is 6.28. The van der Waals surface area contributed by atoms with Crippen molar-refractivity contribution in [1.82, 2.24) is 0 Å². The van der Waals surface area contributed by atoms with Crippen LogP contribution in [0.25, 0.3) is 0 Å². The highest BCUT2D eigenvalue weighted by Crippen LogP contribution is 2.24. The van der Waals surface area contributed by atoms with E-state index in [-0.39, 0.29) is 5.76 Å². The van der Waals surface area contributed by atoms with E-state index in [9.17, 15) is 4.79 Å². The van der Waals surface area contributed by atoms with Crippen LogP contribution in [0.5, 0.6) is 0 Å². The van der Waals surface area contributed by atoms with Crippen LogP contribution in [0, 0.1) is 0 Å². The van der Waals surface area contributed by atoms with E-state index in [4.69, 9.17) is 9.52 Å². The smallest absolute Gasteiger partial charge is 0.371 e. The SMILES string of the molecule is CN(Cc1csc(Br)c1)c1ccc(C(=O)O)o1. The second-order valence-electron chi connectivity index (χ2n) is 3.56. The fourth-order valence-electron chi connectivity index (χ4n) is 1.43. The number of halogens is 1. The van der Waals surface area contributed by atoms with Gasteiger partial charge in [-0.1, -0.05) is 0 Å². The average molecular weight is 316 g/mol. The Balaban J connectivity index is 2.08. The normalized spacial score (nSPS) is 10.5. The number of hydrogen-bond acceptors (Lipinski definition) is 4. The van der Waals surface area contributed by atoms with Crippen LogP contribution >= 0.6 is 27.3 Å². The fourth-order valence-corrected chi connectivity index (χ4v) is 2.63. The maximum atomic E-state index is 10.7. The van der Waals surface area contributed by atoms with Gasteiger partial charge in [0.15, 0.2) is 5.88 Å². The number of thiophene rings is 1. The van der Waals surface area contributed by atoms with Crippen LogP contribution in [0.1, 0.15) is 16.1 Å². The van der Waals surface area contributed by atoms with E-state index in [1.54, 1.807) is 17.4 Å². The number of rotatable bonds is 4. The van der Waals surface area contributed by atoms with Gasteiger partial charge in [0.25, 0.3) is 0 Å². The van der Waals surface area contributed by atoms with Gasteiger partial charge >= 0.3 is 5.97 Å². The molecule has 17 heavy (non-hydrogen) atoms. The Morgan fingerprint density at radius 1 is 1.59 bits per heavy atom. The summed E-state index contributed by atoms with van der Waals surface area (Å²) in [6.07, 6.45) is 0. The number of furan rings is 1. The molecule has 4 nitrogen and oxygen atoms in total. The predicted molar refractivity (Wildman–Crippen MR) is 69.8 cm³/mol. The molecule has 90 valence electrons. The van der Waals surface area contributed by atoms with Crippen LogP contribution in [0.2, 0.25) is 0 Å². The second kappa shape index (κ2) is 4.93. The number of aromatic carboxylic acids is 1. The van der Waals surface area contributed by atoms with Gasteiger partial charge < -0.3 is 14.4 Å². The number of carbonyl (C=O) groups is 1. The Morgan fingerprint density at radius 2 is 2.35 bits per heavy atom. The third-order valence-corrected chi connectivity index (χ3v) is 3.77. The van der Waals surface area contributed by atoms with Crippen molar-refractivity contribution in [2.75, 3.05) is 11.9 Å². The molecule has 0 saturated heterocycles. The number of nitrogens with zero attached hydrogens (tertiary/aromatic N) is 1. The first-order valence-corrected chi connectivity index (χ1v) is 6.50. The summed E-state index contributed by atoms with van der Waals surface area (Å²) in [7, 11) is 1.86. The molecule has 0 aliphatic rings. The molecule has 0 radical (unpaired) electrons. The van der Waals surface area contributed by atoms with Gasteiger partial charge in [-0.15, -0.1) is 11.3 Å². The molecule has 2 rings (SSSR count). The maximum absolute atomic E-state index is 10.7. The quantitative estimate of drug-likeness (QED) is 0.939. The Morgan fingerprint density at radius 3 is 2.88 bits per heavy atom. The Hall–Kier alpha value is -1.27. The lowest BCUT2D eigenvalue weighted by Gasteiger charge is -2.14. The molecule has 2 heterocycles. The van der Waals surface area contributed by atoms with E-state index in [1.165, 1.54) is 6.07 Å². The van der Waals surface area contributed by atoms with E-state index in [0.717, 1.165) is 9.35 Å². The molecule has 0 bridgehead atoms. The Labute approximate surface area is 111 Å². The summed E-state index contributed by atoms with van der Waals surface area (Å²) in [6.45, 7) is 0.675.